The molecule has 1 atom stereocenters. The number of aliphatic hydroxyl groups excluding tert-OH is 2. The van der Waals surface area contributed by atoms with Crippen LogP contribution in [0.5, 0.6) is 0 Å². The van der Waals surface area contributed by atoms with E-state index >= 15 is 0 Å². The maximum absolute atomic E-state index is 11.7. The third-order valence-corrected chi connectivity index (χ3v) is 1.84. The van der Waals surface area contributed by atoms with Crippen LogP contribution in [0, 0.1) is 0 Å². The van der Waals surface area contributed by atoms with Crippen molar-refractivity contribution in [3.63, 3.8) is 0 Å². The second-order valence-corrected chi connectivity index (χ2v) is 4.83. The number of rotatable bonds is 5. The molecule has 0 bridgehead atoms. The molecular weight excluding hydrogens is 210 g/mol. The molecule has 0 aliphatic rings. The van der Waals surface area contributed by atoms with Crippen LogP contribution in [0.3, 0.4) is 0 Å². The van der Waals surface area contributed by atoms with E-state index in [1.54, 1.807) is 27.7 Å². The minimum atomic E-state index is -0.546. The van der Waals surface area contributed by atoms with Gasteiger partial charge >= 0.3 is 6.09 Å². The van der Waals surface area contributed by atoms with E-state index in [1.165, 1.54) is 4.90 Å². The van der Waals surface area contributed by atoms with Gasteiger partial charge in [-0.05, 0) is 34.1 Å². The number of hydrogen-bond acceptors (Lipinski definition) is 4. The van der Waals surface area contributed by atoms with Crippen LogP contribution in [-0.4, -0.2) is 52.6 Å². The van der Waals surface area contributed by atoms with E-state index in [9.17, 15) is 4.79 Å². The van der Waals surface area contributed by atoms with Gasteiger partial charge < -0.3 is 19.8 Å². The monoisotopic (exact) mass is 233 g/mol. The Morgan fingerprint density at radius 3 is 2.31 bits per heavy atom. The predicted molar refractivity (Wildman–Crippen MR) is 61.2 cm³/mol. The zero-order chi connectivity index (χ0) is 12.8. The molecule has 0 saturated carbocycles. The lowest BCUT2D eigenvalue weighted by atomic mass is 10.2. The van der Waals surface area contributed by atoms with Gasteiger partial charge in [-0.15, -0.1) is 0 Å². The molecule has 0 unspecified atom stereocenters. The number of amides is 1. The summed E-state index contributed by atoms with van der Waals surface area (Å²) in [5, 5.41) is 18.0. The van der Waals surface area contributed by atoms with E-state index < -0.39 is 17.8 Å². The summed E-state index contributed by atoms with van der Waals surface area (Å²) in [6.45, 7) is 7.52. The van der Waals surface area contributed by atoms with Crippen LogP contribution < -0.4 is 0 Å². The molecule has 96 valence electrons. The summed E-state index contributed by atoms with van der Waals surface area (Å²) in [6, 6.07) is 0. The molecule has 2 N–H and O–H groups in total. The Hall–Kier alpha value is -0.810. The summed E-state index contributed by atoms with van der Waals surface area (Å²) in [7, 11) is 0. The lowest BCUT2D eigenvalue weighted by Crippen LogP contribution is -2.39. The van der Waals surface area contributed by atoms with E-state index in [1.807, 2.05) is 0 Å². The van der Waals surface area contributed by atoms with E-state index in [-0.39, 0.29) is 13.2 Å². The second kappa shape index (κ2) is 6.70. The third-order valence-electron chi connectivity index (χ3n) is 1.84. The fourth-order valence-electron chi connectivity index (χ4n) is 1.08. The van der Waals surface area contributed by atoms with Crippen LogP contribution in [0.4, 0.5) is 4.79 Å². The maximum Gasteiger partial charge on any atom is 0.410 e. The molecule has 0 aliphatic heterocycles. The van der Waals surface area contributed by atoms with Gasteiger partial charge in [0, 0.05) is 13.1 Å². The fourth-order valence-corrected chi connectivity index (χ4v) is 1.08. The van der Waals surface area contributed by atoms with Crippen molar-refractivity contribution >= 4 is 6.09 Å². The molecule has 0 aromatic carbocycles. The molecule has 0 heterocycles. The van der Waals surface area contributed by atoms with E-state index in [0.29, 0.717) is 13.0 Å². The first-order valence-electron chi connectivity index (χ1n) is 5.53. The van der Waals surface area contributed by atoms with Gasteiger partial charge in [-0.2, -0.15) is 0 Å². The van der Waals surface area contributed by atoms with Gasteiger partial charge in [-0.25, -0.2) is 4.79 Å². The van der Waals surface area contributed by atoms with Gasteiger partial charge in [0.15, 0.2) is 0 Å². The van der Waals surface area contributed by atoms with Gasteiger partial charge in [0.05, 0.1) is 12.7 Å². The van der Waals surface area contributed by atoms with Gasteiger partial charge in [0.1, 0.15) is 5.60 Å². The summed E-state index contributed by atoms with van der Waals surface area (Å²) in [4.78, 5) is 13.1. The summed E-state index contributed by atoms with van der Waals surface area (Å²) >= 11 is 0. The first-order valence-corrected chi connectivity index (χ1v) is 5.53. The van der Waals surface area contributed by atoms with E-state index in [2.05, 4.69) is 0 Å². The first kappa shape index (κ1) is 15.2. The number of carbonyl (C=O) groups excluding carboxylic acids is 1. The van der Waals surface area contributed by atoms with Crippen molar-refractivity contribution in [2.75, 3.05) is 19.7 Å². The zero-order valence-electron chi connectivity index (χ0n) is 10.6. The number of hydrogen-bond donors (Lipinski definition) is 2. The molecule has 5 nitrogen and oxygen atoms in total. The second-order valence-electron chi connectivity index (χ2n) is 4.83. The largest absolute Gasteiger partial charge is 0.444 e. The SMILES string of the molecule is C[C@H](O)CCN(CCO)C(=O)OC(C)(C)C. The fraction of sp³-hybridized carbons (Fsp3) is 0.909. The van der Waals surface area contributed by atoms with Crippen molar-refractivity contribution in [1.82, 2.24) is 4.90 Å². The minimum Gasteiger partial charge on any atom is -0.444 e. The number of carbonyl (C=O) groups is 1. The van der Waals surface area contributed by atoms with Crippen molar-refractivity contribution in [2.45, 2.75) is 45.8 Å². The third kappa shape index (κ3) is 7.48. The summed E-state index contributed by atoms with van der Waals surface area (Å²) in [5.41, 5.74) is -0.546. The van der Waals surface area contributed by atoms with Gasteiger partial charge in [0.25, 0.3) is 0 Å². The molecule has 1 amide bonds. The maximum atomic E-state index is 11.7. The Labute approximate surface area is 97.0 Å². The lowest BCUT2D eigenvalue weighted by Gasteiger charge is -2.27. The van der Waals surface area contributed by atoms with Crippen LogP contribution >= 0.6 is 0 Å². The van der Waals surface area contributed by atoms with Crippen LogP contribution in [0.15, 0.2) is 0 Å². The van der Waals surface area contributed by atoms with Crippen LogP contribution in [0.1, 0.15) is 34.1 Å². The molecule has 5 heteroatoms. The van der Waals surface area contributed by atoms with Gasteiger partial charge in [-0.3, -0.25) is 0 Å². The Balaban J connectivity index is 4.23. The molecule has 16 heavy (non-hydrogen) atoms. The number of aliphatic hydroxyl groups is 2. The number of ether oxygens (including phenoxy) is 1. The highest BCUT2D eigenvalue weighted by atomic mass is 16.6. The van der Waals surface area contributed by atoms with Crippen molar-refractivity contribution in [1.29, 1.82) is 0 Å². The van der Waals surface area contributed by atoms with Crippen molar-refractivity contribution < 1.29 is 19.7 Å². The quantitative estimate of drug-likeness (QED) is 0.743. The van der Waals surface area contributed by atoms with Crippen LogP contribution in [0.25, 0.3) is 0 Å². The van der Waals surface area contributed by atoms with Crippen molar-refractivity contribution in [2.24, 2.45) is 0 Å². The molecule has 0 spiro atoms. The summed E-state index contributed by atoms with van der Waals surface area (Å²) < 4.78 is 5.18. The molecule has 0 aromatic rings. The molecule has 0 saturated heterocycles. The highest BCUT2D eigenvalue weighted by Crippen LogP contribution is 2.10. The van der Waals surface area contributed by atoms with Gasteiger partial charge in [-0.1, -0.05) is 0 Å². The molecule has 0 aromatic heterocycles. The van der Waals surface area contributed by atoms with Crippen molar-refractivity contribution in [3.05, 3.63) is 0 Å². The highest BCUT2D eigenvalue weighted by Gasteiger charge is 2.21. The molecule has 0 aliphatic carbocycles. The zero-order valence-corrected chi connectivity index (χ0v) is 10.6. The normalized spacial score (nSPS) is 13.4. The molecular formula is C11H23NO4. The average Bonchev–Trinajstić information content (AvgIpc) is 2.08. The van der Waals surface area contributed by atoms with Crippen LogP contribution in [-0.2, 0) is 4.74 Å². The minimum absolute atomic E-state index is 0.112. The predicted octanol–water partition coefficient (Wildman–Crippen LogP) is 0.987. The summed E-state index contributed by atoms with van der Waals surface area (Å²) in [5.74, 6) is 0. The Bertz CT molecular complexity index is 211. The molecule has 0 radical (unpaired) electrons. The van der Waals surface area contributed by atoms with E-state index in [0.717, 1.165) is 0 Å². The van der Waals surface area contributed by atoms with Crippen LogP contribution in [0.2, 0.25) is 0 Å². The Morgan fingerprint density at radius 2 is 1.94 bits per heavy atom. The summed E-state index contributed by atoms with van der Waals surface area (Å²) in [6.07, 6.45) is -0.454. The smallest absolute Gasteiger partial charge is 0.410 e. The first-order chi connectivity index (χ1) is 7.26. The standard InChI is InChI=1S/C11H23NO4/c1-9(14)5-6-12(7-8-13)10(15)16-11(2,3)4/h9,13-14H,5-8H2,1-4H3/t9-/m0/s1. The number of nitrogens with zero attached hydrogens (tertiary/aromatic N) is 1. The van der Waals surface area contributed by atoms with E-state index in [4.69, 9.17) is 14.9 Å². The van der Waals surface area contributed by atoms with Crippen molar-refractivity contribution in [3.8, 4) is 0 Å². The van der Waals surface area contributed by atoms with Gasteiger partial charge in [0.2, 0.25) is 0 Å². The molecule has 0 rings (SSSR count). The Morgan fingerprint density at radius 1 is 1.38 bits per heavy atom. The highest BCUT2D eigenvalue weighted by molar-refractivity contribution is 5.68. The average molecular weight is 233 g/mol. The topological polar surface area (TPSA) is 70.0 Å². The Kier molecular flexibility index (Phi) is 6.36. The lowest BCUT2D eigenvalue weighted by molar-refractivity contribution is 0.0194. The molecule has 0 fully saturated rings.